The second kappa shape index (κ2) is 13.3. The van der Waals surface area contributed by atoms with E-state index in [2.05, 4.69) is 52.5 Å². The Morgan fingerprint density at radius 2 is 1.22 bits per heavy atom. The average Bonchev–Trinajstić information content (AvgIpc) is 2.87. The summed E-state index contributed by atoms with van der Waals surface area (Å²) in [7, 11) is 0. The lowest BCUT2D eigenvalue weighted by Crippen LogP contribution is -2.40. The van der Waals surface area contributed by atoms with Crippen LogP contribution in [0.1, 0.15) is 104 Å². The fraction of sp³-hybridized carbons (Fsp3) is 0.900. The Morgan fingerprint density at radius 1 is 0.783 bits per heavy atom. The number of unbranched alkanes of at least 4 members (excludes halogenated alkanes) is 13. The lowest BCUT2D eigenvalue weighted by molar-refractivity contribution is 0.265. The second-order valence-electron chi connectivity index (χ2n) is 7.29. The van der Waals surface area contributed by atoms with E-state index in [0.29, 0.717) is 0 Å². The van der Waals surface area contributed by atoms with Crippen LogP contribution in [0.4, 0.5) is 0 Å². The quantitative estimate of drug-likeness (QED) is 0.186. The molecule has 1 atom stereocenters. The topological polar surface area (TPSA) is 15.3 Å². The first-order valence-corrected chi connectivity index (χ1v) is 10.9. The molecule has 23 heavy (non-hydrogen) atoms. The van der Waals surface area contributed by atoms with Crippen molar-refractivity contribution in [3.63, 3.8) is 0 Å². The minimum absolute atomic E-state index is 0.0387. The van der Waals surface area contributed by atoms with Gasteiger partial charge >= 0.3 is 0 Å². The van der Waals surface area contributed by atoms with Gasteiger partial charge in [-0.3, -0.25) is 0 Å². The summed E-state index contributed by atoms with van der Waals surface area (Å²) in [6, 6.07) is 0. The Morgan fingerprint density at radius 3 is 1.61 bits per heavy atom. The first-order valence-electron chi connectivity index (χ1n) is 10.1. The van der Waals surface area contributed by atoms with E-state index in [9.17, 15) is 0 Å². The predicted molar refractivity (Wildman–Crippen MR) is 107 cm³/mol. The first-order chi connectivity index (χ1) is 11.1. The van der Waals surface area contributed by atoms with Gasteiger partial charge in [-0.25, -0.2) is 5.43 Å². The van der Waals surface area contributed by atoms with Crippen LogP contribution in [0.2, 0.25) is 0 Å². The van der Waals surface area contributed by atoms with Crippen molar-refractivity contribution in [1.82, 2.24) is 10.4 Å². The molecule has 1 N–H and O–H groups in total. The minimum atomic E-state index is -0.0387. The van der Waals surface area contributed by atoms with Crippen LogP contribution in [0.25, 0.3) is 0 Å². The van der Waals surface area contributed by atoms with Gasteiger partial charge in [-0.15, -0.1) is 0 Å². The number of hydrogen-bond acceptors (Lipinski definition) is 2. The van der Waals surface area contributed by atoms with E-state index in [1.165, 1.54) is 89.9 Å². The van der Waals surface area contributed by atoms with Gasteiger partial charge in [0.25, 0.3) is 0 Å². The molecule has 0 aliphatic carbocycles. The van der Waals surface area contributed by atoms with Gasteiger partial charge in [-0.05, 0) is 19.4 Å². The van der Waals surface area contributed by atoms with Crippen molar-refractivity contribution in [2.24, 2.45) is 0 Å². The molecule has 0 aromatic rings. The van der Waals surface area contributed by atoms with E-state index in [-0.39, 0.29) is 4.45 Å². The van der Waals surface area contributed by atoms with Crippen LogP contribution in [-0.2, 0) is 0 Å². The van der Waals surface area contributed by atoms with Crippen molar-refractivity contribution in [3.05, 3.63) is 12.3 Å². The average molecular weight is 387 g/mol. The van der Waals surface area contributed by atoms with Crippen molar-refractivity contribution in [2.75, 3.05) is 6.54 Å². The molecule has 0 fully saturated rings. The standard InChI is InChI=1S/C20H39BrN2/c1-3-4-5-6-7-8-9-10-11-12-13-14-15-16-18-23-19-17-20(2,21)22-23/h17,19,22H,3-16,18H2,1-2H3. The molecule has 2 nitrogen and oxygen atoms in total. The highest BCUT2D eigenvalue weighted by atomic mass is 79.9. The number of hydrogen-bond donors (Lipinski definition) is 1. The molecule has 1 aliphatic rings. The molecule has 0 amide bonds. The molecule has 0 spiro atoms. The summed E-state index contributed by atoms with van der Waals surface area (Å²) in [6.07, 6.45) is 24.2. The molecule has 3 heteroatoms. The van der Waals surface area contributed by atoms with Gasteiger partial charge in [-0.2, -0.15) is 0 Å². The number of halogens is 1. The summed E-state index contributed by atoms with van der Waals surface area (Å²) in [5.41, 5.74) is 3.42. The first kappa shape index (κ1) is 21.0. The Bertz CT molecular complexity index is 302. The third kappa shape index (κ3) is 12.1. The van der Waals surface area contributed by atoms with Crippen LogP contribution in [0, 0.1) is 0 Å². The van der Waals surface area contributed by atoms with E-state index < -0.39 is 0 Å². The van der Waals surface area contributed by atoms with Gasteiger partial charge in [0.15, 0.2) is 0 Å². The van der Waals surface area contributed by atoms with E-state index >= 15 is 0 Å². The van der Waals surface area contributed by atoms with Crippen molar-refractivity contribution in [2.45, 2.75) is 108 Å². The molecule has 0 saturated heterocycles. The number of hydrazine groups is 1. The molecule has 0 aromatic carbocycles. The van der Waals surface area contributed by atoms with Crippen molar-refractivity contribution in [3.8, 4) is 0 Å². The maximum Gasteiger partial charge on any atom is 0.109 e. The SMILES string of the molecule is CCCCCCCCCCCCCCCCN1C=CC(C)(Br)N1. The van der Waals surface area contributed by atoms with Gasteiger partial charge in [-0.1, -0.05) is 106 Å². The number of nitrogens with zero attached hydrogens (tertiary/aromatic N) is 1. The maximum atomic E-state index is 3.63. The zero-order chi connectivity index (χ0) is 16.8. The molecule has 1 unspecified atom stereocenters. The van der Waals surface area contributed by atoms with Crippen LogP contribution >= 0.6 is 15.9 Å². The van der Waals surface area contributed by atoms with Crippen molar-refractivity contribution >= 4 is 15.9 Å². The van der Waals surface area contributed by atoms with E-state index in [1.807, 2.05) is 0 Å². The summed E-state index contributed by atoms with van der Waals surface area (Å²) < 4.78 is -0.0387. The van der Waals surface area contributed by atoms with E-state index in [1.54, 1.807) is 0 Å². The minimum Gasteiger partial charge on any atom is -0.314 e. The smallest absolute Gasteiger partial charge is 0.109 e. The summed E-state index contributed by atoms with van der Waals surface area (Å²) >= 11 is 3.63. The van der Waals surface area contributed by atoms with E-state index in [0.717, 1.165) is 6.54 Å². The van der Waals surface area contributed by atoms with Crippen LogP contribution < -0.4 is 5.43 Å². The van der Waals surface area contributed by atoms with Gasteiger partial charge in [0.1, 0.15) is 4.45 Å². The van der Waals surface area contributed by atoms with Crippen LogP contribution in [-0.4, -0.2) is 16.0 Å². The Balaban J connectivity index is 1.73. The molecule has 136 valence electrons. The summed E-state index contributed by atoms with van der Waals surface area (Å²) in [6.45, 7) is 5.55. The lowest BCUT2D eigenvalue weighted by Gasteiger charge is -2.22. The fourth-order valence-electron chi connectivity index (χ4n) is 3.19. The molecule has 1 rings (SSSR count). The van der Waals surface area contributed by atoms with Gasteiger partial charge in [0.2, 0.25) is 0 Å². The Labute approximate surface area is 153 Å². The summed E-state index contributed by atoms with van der Waals surface area (Å²) in [5.74, 6) is 0. The van der Waals surface area contributed by atoms with Crippen LogP contribution in [0.3, 0.4) is 0 Å². The Kier molecular flexibility index (Phi) is 12.1. The highest BCUT2D eigenvalue weighted by molar-refractivity contribution is 9.10. The predicted octanol–water partition coefficient (Wildman–Crippen LogP) is 6.91. The van der Waals surface area contributed by atoms with Gasteiger partial charge in [0, 0.05) is 12.7 Å². The number of rotatable bonds is 15. The van der Waals surface area contributed by atoms with E-state index in [4.69, 9.17) is 0 Å². The zero-order valence-corrected chi connectivity index (χ0v) is 17.2. The second-order valence-corrected chi connectivity index (χ2v) is 8.94. The van der Waals surface area contributed by atoms with Crippen molar-refractivity contribution in [1.29, 1.82) is 0 Å². The van der Waals surface area contributed by atoms with Crippen LogP contribution in [0.5, 0.6) is 0 Å². The molecule has 1 aliphatic heterocycles. The molecule has 0 aromatic heterocycles. The Hall–Kier alpha value is -0.0200. The molecular formula is C20H39BrN2. The van der Waals surface area contributed by atoms with Gasteiger partial charge in [0.05, 0.1) is 0 Å². The van der Waals surface area contributed by atoms with Crippen molar-refractivity contribution < 1.29 is 0 Å². The largest absolute Gasteiger partial charge is 0.314 e. The highest BCUT2D eigenvalue weighted by Crippen LogP contribution is 2.21. The molecule has 0 bridgehead atoms. The van der Waals surface area contributed by atoms with Gasteiger partial charge < -0.3 is 5.01 Å². The fourth-order valence-corrected chi connectivity index (χ4v) is 3.54. The molecule has 1 heterocycles. The summed E-state index contributed by atoms with van der Waals surface area (Å²) in [5, 5.41) is 2.20. The summed E-state index contributed by atoms with van der Waals surface area (Å²) in [4.78, 5) is 0. The molecule has 0 saturated carbocycles. The molecular weight excluding hydrogens is 348 g/mol. The monoisotopic (exact) mass is 386 g/mol. The number of nitrogens with one attached hydrogen (secondary N) is 1. The lowest BCUT2D eigenvalue weighted by atomic mass is 10.0. The zero-order valence-electron chi connectivity index (χ0n) is 15.6. The normalized spacial score (nSPS) is 20.6. The third-order valence-electron chi connectivity index (χ3n) is 4.68. The molecule has 0 radical (unpaired) electrons. The highest BCUT2D eigenvalue weighted by Gasteiger charge is 2.23. The maximum absolute atomic E-state index is 3.63. The number of alkyl halides is 1. The third-order valence-corrected chi connectivity index (χ3v) is 5.12. The van der Waals surface area contributed by atoms with Crippen LogP contribution in [0.15, 0.2) is 12.3 Å².